The van der Waals surface area contributed by atoms with Crippen LogP contribution < -0.4 is 0 Å². The highest BCUT2D eigenvalue weighted by atomic mass is 16.6. The van der Waals surface area contributed by atoms with E-state index in [-0.39, 0.29) is 35.4 Å². The van der Waals surface area contributed by atoms with Gasteiger partial charge < -0.3 is 19.7 Å². The zero-order valence-electron chi connectivity index (χ0n) is 13.0. The lowest BCUT2D eigenvalue weighted by Gasteiger charge is -2.67. The summed E-state index contributed by atoms with van der Waals surface area (Å²) in [7, 11) is 0. The summed E-state index contributed by atoms with van der Waals surface area (Å²) < 4.78 is 11.6. The number of hydrogen-bond donors (Lipinski definition) is 2. The molecule has 3 aliphatic heterocycles. The lowest BCUT2D eigenvalue weighted by Crippen LogP contribution is -2.73. The van der Waals surface area contributed by atoms with Gasteiger partial charge in [0.05, 0.1) is 12.7 Å². The van der Waals surface area contributed by atoms with Crippen molar-refractivity contribution in [2.24, 2.45) is 28.6 Å². The molecule has 0 aromatic heterocycles. The Morgan fingerprint density at radius 1 is 1.27 bits per heavy atom. The number of fused-ring (bicyclic) bond motifs is 3. The molecule has 1 spiro atoms. The molecule has 0 aromatic carbocycles. The first kappa shape index (κ1) is 13.8. The van der Waals surface area contributed by atoms with Crippen LogP contribution in [0.3, 0.4) is 0 Å². The van der Waals surface area contributed by atoms with Crippen molar-refractivity contribution >= 4 is 5.97 Å². The Hall–Kier alpha value is -0.650. The maximum absolute atomic E-state index is 12.6. The first-order valence-corrected chi connectivity index (χ1v) is 8.68. The number of rotatable bonds is 0. The molecule has 5 nitrogen and oxygen atoms in total. The van der Waals surface area contributed by atoms with E-state index < -0.39 is 11.2 Å². The van der Waals surface area contributed by atoms with Crippen molar-refractivity contribution in [1.82, 2.24) is 0 Å². The van der Waals surface area contributed by atoms with Crippen LogP contribution in [0.1, 0.15) is 45.4 Å². The van der Waals surface area contributed by atoms with E-state index in [1.807, 2.05) is 6.92 Å². The van der Waals surface area contributed by atoms with Gasteiger partial charge in [0, 0.05) is 17.8 Å². The van der Waals surface area contributed by atoms with E-state index in [0.717, 1.165) is 32.1 Å². The molecule has 3 saturated carbocycles. The van der Waals surface area contributed by atoms with Crippen LogP contribution in [0.4, 0.5) is 0 Å². The van der Waals surface area contributed by atoms with Crippen LogP contribution in [-0.2, 0) is 14.3 Å². The third kappa shape index (κ3) is 1.24. The van der Waals surface area contributed by atoms with Gasteiger partial charge in [-0.15, -0.1) is 0 Å². The fourth-order valence-electron chi connectivity index (χ4n) is 6.88. The zero-order valence-corrected chi connectivity index (χ0v) is 13.0. The van der Waals surface area contributed by atoms with Crippen LogP contribution in [0, 0.1) is 28.6 Å². The topological polar surface area (TPSA) is 76.0 Å². The molecule has 0 amide bonds. The molecule has 3 saturated heterocycles. The SMILES string of the molecule is C[C@@]12C(=O)O[C@@H]3C[C@H]4[C@H](O)CCC[C@@H]4[C@]4(CC[C@]1(O)OC4)[C@@H]32. The number of aliphatic hydroxyl groups is 2. The smallest absolute Gasteiger partial charge is 0.318 e. The highest BCUT2D eigenvalue weighted by molar-refractivity contribution is 5.81. The van der Waals surface area contributed by atoms with Crippen LogP contribution in [-0.4, -0.2) is 40.8 Å². The fourth-order valence-corrected chi connectivity index (χ4v) is 6.88. The molecule has 122 valence electrons. The van der Waals surface area contributed by atoms with Gasteiger partial charge in [0.25, 0.3) is 0 Å². The molecule has 5 heteroatoms. The zero-order chi connectivity index (χ0) is 15.3. The van der Waals surface area contributed by atoms with Crippen molar-refractivity contribution in [3.8, 4) is 0 Å². The Morgan fingerprint density at radius 2 is 2.09 bits per heavy atom. The molecule has 6 aliphatic rings. The van der Waals surface area contributed by atoms with Gasteiger partial charge in [0.15, 0.2) is 5.79 Å². The normalized spacial score (nSPS) is 62.3. The summed E-state index contributed by atoms with van der Waals surface area (Å²) in [6.45, 7) is 2.34. The molecule has 8 atom stereocenters. The van der Waals surface area contributed by atoms with Crippen LogP contribution in [0.15, 0.2) is 0 Å². The Kier molecular flexibility index (Phi) is 2.42. The quantitative estimate of drug-likeness (QED) is 0.658. The summed E-state index contributed by atoms with van der Waals surface area (Å²) in [6, 6.07) is 0. The number of esters is 1. The number of ether oxygens (including phenoxy) is 2. The third-order valence-electron chi connectivity index (χ3n) is 7.89. The van der Waals surface area contributed by atoms with E-state index in [1.165, 1.54) is 0 Å². The molecule has 6 rings (SSSR count). The molecule has 0 aromatic rings. The van der Waals surface area contributed by atoms with E-state index in [0.29, 0.717) is 18.9 Å². The van der Waals surface area contributed by atoms with Crippen LogP contribution in [0.2, 0.25) is 0 Å². The maximum Gasteiger partial charge on any atom is 0.318 e. The van der Waals surface area contributed by atoms with Gasteiger partial charge in [-0.2, -0.15) is 0 Å². The predicted octanol–water partition coefficient (Wildman–Crippen LogP) is 1.21. The largest absolute Gasteiger partial charge is 0.461 e. The highest BCUT2D eigenvalue weighted by Gasteiger charge is 2.79. The first-order valence-electron chi connectivity index (χ1n) is 8.68. The van der Waals surface area contributed by atoms with Crippen LogP contribution in [0.5, 0.6) is 0 Å². The van der Waals surface area contributed by atoms with E-state index in [4.69, 9.17) is 9.47 Å². The summed E-state index contributed by atoms with van der Waals surface area (Å²) in [5, 5.41) is 21.4. The van der Waals surface area contributed by atoms with Crippen molar-refractivity contribution < 1.29 is 24.5 Å². The van der Waals surface area contributed by atoms with Gasteiger partial charge in [-0.05, 0) is 44.4 Å². The second-order valence-corrected chi connectivity index (χ2v) is 8.43. The average Bonchev–Trinajstić information content (AvgIpc) is 2.77. The van der Waals surface area contributed by atoms with Gasteiger partial charge in [0.1, 0.15) is 11.5 Å². The fraction of sp³-hybridized carbons (Fsp3) is 0.941. The van der Waals surface area contributed by atoms with Crippen molar-refractivity contribution in [3.63, 3.8) is 0 Å². The molecular weight excluding hydrogens is 284 g/mol. The summed E-state index contributed by atoms with van der Waals surface area (Å²) in [5.41, 5.74) is -1.05. The van der Waals surface area contributed by atoms with E-state index in [2.05, 4.69) is 0 Å². The van der Waals surface area contributed by atoms with Gasteiger partial charge in [-0.1, -0.05) is 6.42 Å². The van der Waals surface area contributed by atoms with E-state index in [9.17, 15) is 15.0 Å². The number of aliphatic hydroxyl groups excluding tert-OH is 1. The average molecular weight is 308 g/mol. The van der Waals surface area contributed by atoms with Crippen molar-refractivity contribution in [1.29, 1.82) is 0 Å². The Morgan fingerprint density at radius 3 is 2.82 bits per heavy atom. The lowest BCUT2D eigenvalue weighted by atomic mass is 9.41. The highest BCUT2D eigenvalue weighted by Crippen LogP contribution is 2.72. The Bertz CT molecular complexity index is 537. The molecule has 0 radical (unpaired) electrons. The molecule has 6 fully saturated rings. The molecule has 0 unspecified atom stereocenters. The summed E-state index contributed by atoms with van der Waals surface area (Å²) in [4.78, 5) is 12.6. The number of hydrogen-bond acceptors (Lipinski definition) is 5. The molecular formula is C17H24O5. The van der Waals surface area contributed by atoms with Gasteiger partial charge >= 0.3 is 5.97 Å². The van der Waals surface area contributed by atoms with Gasteiger partial charge in [-0.25, -0.2) is 0 Å². The molecule has 22 heavy (non-hydrogen) atoms. The second kappa shape index (κ2) is 3.87. The number of carbonyl (C=O) groups is 1. The van der Waals surface area contributed by atoms with Gasteiger partial charge in [-0.3, -0.25) is 4.79 Å². The maximum atomic E-state index is 12.6. The third-order valence-corrected chi connectivity index (χ3v) is 7.89. The molecule has 3 aliphatic carbocycles. The first-order chi connectivity index (χ1) is 10.4. The van der Waals surface area contributed by atoms with E-state index >= 15 is 0 Å². The Labute approximate surface area is 130 Å². The molecule has 2 bridgehead atoms. The van der Waals surface area contributed by atoms with Crippen molar-refractivity contribution in [2.75, 3.05) is 6.61 Å². The van der Waals surface area contributed by atoms with Gasteiger partial charge in [0.2, 0.25) is 0 Å². The van der Waals surface area contributed by atoms with Crippen LogP contribution >= 0.6 is 0 Å². The second-order valence-electron chi connectivity index (χ2n) is 8.43. The summed E-state index contributed by atoms with van der Waals surface area (Å²) >= 11 is 0. The standard InChI is InChI=1S/C17H24O5/c1-15-13-12(22-14(15)19)7-9-10(3-2-4-11(9)18)16(13)5-6-17(15,20)21-8-16/h9-13,18,20H,2-8H2,1H3/t9-,10+,11-,12-,13+,15-,16-,17+/m1/s1. The van der Waals surface area contributed by atoms with Crippen molar-refractivity contribution in [3.05, 3.63) is 0 Å². The predicted molar refractivity (Wildman–Crippen MR) is 75.5 cm³/mol. The minimum atomic E-state index is -1.37. The Balaban J connectivity index is 1.68. The number of carbonyl (C=O) groups excluding carboxylic acids is 1. The summed E-state index contributed by atoms with van der Waals surface area (Å²) in [6.07, 6.45) is 4.66. The lowest BCUT2D eigenvalue weighted by molar-refractivity contribution is -0.378. The monoisotopic (exact) mass is 308 g/mol. The van der Waals surface area contributed by atoms with Crippen LogP contribution in [0.25, 0.3) is 0 Å². The minimum Gasteiger partial charge on any atom is -0.461 e. The molecule has 2 N–H and O–H groups in total. The van der Waals surface area contributed by atoms with Crippen molar-refractivity contribution in [2.45, 2.75) is 63.4 Å². The minimum absolute atomic E-state index is 0.0338. The molecule has 3 heterocycles. The summed E-state index contributed by atoms with van der Waals surface area (Å²) in [5.74, 6) is -1.05. The van der Waals surface area contributed by atoms with E-state index in [1.54, 1.807) is 0 Å².